The van der Waals surface area contributed by atoms with Crippen molar-refractivity contribution < 1.29 is 9.90 Å². The number of allylic oxidation sites excluding steroid dienone is 2. The first-order valence-electron chi connectivity index (χ1n) is 5.84. The molecule has 2 aliphatic rings. The Balaban J connectivity index is 2.05. The first-order chi connectivity index (χ1) is 8.18. The first kappa shape index (κ1) is 10.8. The van der Waals surface area contributed by atoms with Crippen molar-refractivity contribution >= 4 is 17.6 Å². The van der Waals surface area contributed by atoms with Gasteiger partial charge in [0.2, 0.25) is 0 Å². The second-order valence-corrected chi connectivity index (χ2v) is 5.27. The van der Waals surface area contributed by atoms with E-state index in [4.69, 9.17) is 11.6 Å². The van der Waals surface area contributed by atoms with Crippen molar-refractivity contribution in [1.82, 2.24) is 0 Å². The highest BCUT2D eigenvalue weighted by atomic mass is 35.5. The molecule has 2 nitrogen and oxygen atoms in total. The summed E-state index contributed by atoms with van der Waals surface area (Å²) in [5.74, 6) is -0.465. The van der Waals surface area contributed by atoms with E-state index < -0.39 is 5.97 Å². The molecule has 4 atom stereocenters. The number of halogens is 1. The molecule has 0 aromatic heterocycles. The molecule has 3 heteroatoms. The van der Waals surface area contributed by atoms with Crippen LogP contribution < -0.4 is 0 Å². The Bertz CT molecular complexity index is 495. The summed E-state index contributed by atoms with van der Waals surface area (Å²) in [5.41, 5.74) is 0.985. The van der Waals surface area contributed by atoms with Crippen LogP contribution in [-0.4, -0.2) is 11.1 Å². The molecule has 0 amide bonds. The third-order valence-corrected chi connectivity index (χ3v) is 4.35. The number of hydrogen-bond donors (Lipinski definition) is 1. The number of fused-ring (bicyclic) bond motifs is 2. The number of hydrogen-bond acceptors (Lipinski definition) is 1. The van der Waals surface area contributed by atoms with Gasteiger partial charge in [0.15, 0.2) is 0 Å². The molecular weight excluding hydrogens is 236 g/mol. The Morgan fingerprint density at radius 3 is 2.65 bits per heavy atom. The highest BCUT2D eigenvalue weighted by Gasteiger charge is 2.49. The Hall–Kier alpha value is -1.28. The van der Waals surface area contributed by atoms with Gasteiger partial charge in [0.05, 0.1) is 5.92 Å². The maximum atomic E-state index is 11.4. The van der Waals surface area contributed by atoms with Crippen LogP contribution in [0.5, 0.6) is 0 Å². The average Bonchev–Trinajstić information content (AvgIpc) is 2.89. The smallest absolute Gasteiger partial charge is 0.307 e. The predicted molar refractivity (Wildman–Crippen MR) is 66.1 cm³/mol. The molecule has 1 aromatic rings. The van der Waals surface area contributed by atoms with Crippen LogP contribution in [0.2, 0.25) is 5.02 Å². The minimum atomic E-state index is -0.702. The maximum absolute atomic E-state index is 11.4. The molecule has 1 saturated carbocycles. The van der Waals surface area contributed by atoms with Gasteiger partial charge in [-0.15, -0.1) is 0 Å². The van der Waals surface area contributed by atoms with Crippen molar-refractivity contribution in [2.75, 3.05) is 0 Å². The molecule has 0 spiro atoms. The molecule has 0 heterocycles. The zero-order valence-corrected chi connectivity index (χ0v) is 9.97. The van der Waals surface area contributed by atoms with Gasteiger partial charge in [-0.25, -0.2) is 0 Å². The van der Waals surface area contributed by atoms with Crippen LogP contribution in [0.4, 0.5) is 0 Å². The lowest BCUT2D eigenvalue weighted by molar-refractivity contribution is -0.143. The Kier molecular flexibility index (Phi) is 2.48. The number of carbonyl (C=O) groups is 1. The maximum Gasteiger partial charge on any atom is 0.307 e. The highest BCUT2D eigenvalue weighted by Crippen LogP contribution is 2.54. The van der Waals surface area contributed by atoms with Crippen LogP contribution in [0, 0.1) is 17.8 Å². The third-order valence-electron chi connectivity index (χ3n) is 4.01. The van der Waals surface area contributed by atoms with E-state index in [0.29, 0.717) is 10.9 Å². The normalized spacial score (nSPS) is 34.2. The van der Waals surface area contributed by atoms with Crippen LogP contribution in [-0.2, 0) is 4.79 Å². The SMILES string of the molecule is O=C(O)C1C2C=CC(C2)C1c1ccccc1Cl. The Morgan fingerprint density at radius 1 is 1.24 bits per heavy atom. The van der Waals surface area contributed by atoms with Gasteiger partial charge in [-0.3, -0.25) is 4.79 Å². The van der Waals surface area contributed by atoms with E-state index in [1.54, 1.807) is 0 Å². The number of rotatable bonds is 2. The number of carboxylic acids is 1. The second-order valence-electron chi connectivity index (χ2n) is 4.86. The summed E-state index contributed by atoms with van der Waals surface area (Å²) in [7, 11) is 0. The molecule has 88 valence electrons. The molecule has 17 heavy (non-hydrogen) atoms. The van der Waals surface area contributed by atoms with E-state index in [-0.39, 0.29) is 17.8 Å². The van der Waals surface area contributed by atoms with Gasteiger partial charge >= 0.3 is 5.97 Å². The monoisotopic (exact) mass is 248 g/mol. The lowest BCUT2D eigenvalue weighted by atomic mass is 9.78. The van der Waals surface area contributed by atoms with Crippen LogP contribution in [0.3, 0.4) is 0 Å². The fourth-order valence-corrected chi connectivity index (χ4v) is 3.59. The molecule has 0 saturated heterocycles. The molecule has 0 aliphatic heterocycles. The largest absolute Gasteiger partial charge is 0.481 e. The Morgan fingerprint density at radius 2 is 1.94 bits per heavy atom. The molecule has 4 unspecified atom stereocenters. The topological polar surface area (TPSA) is 37.3 Å². The zero-order chi connectivity index (χ0) is 12.0. The van der Waals surface area contributed by atoms with Gasteiger partial charge in [0, 0.05) is 10.9 Å². The third kappa shape index (κ3) is 1.59. The number of carboxylic acid groups (broad SMARTS) is 1. The summed E-state index contributed by atoms with van der Waals surface area (Å²) in [4.78, 5) is 11.4. The van der Waals surface area contributed by atoms with Crippen LogP contribution >= 0.6 is 11.6 Å². The summed E-state index contributed by atoms with van der Waals surface area (Å²) in [6, 6.07) is 7.60. The van der Waals surface area contributed by atoms with Crippen molar-refractivity contribution in [2.24, 2.45) is 17.8 Å². The zero-order valence-electron chi connectivity index (χ0n) is 9.21. The minimum absolute atomic E-state index is 0.0381. The summed E-state index contributed by atoms with van der Waals surface area (Å²) < 4.78 is 0. The van der Waals surface area contributed by atoms with Crippen LogP contribution in [0.1, 0.15) is 17.9 Å². The summed E-state index contributed by atoms with van der Waals surface area (Å²) in [6.45, 7) is 0. The lowest BCUT2D eigenvalue weighted by Crippen LogP contribution is -2.26. The van der Waals surface area contributed by atoms with Crippen molar-refractivity contribution in [3.63, 3.8) is 0 Å². The van der Waals surface area contributed by atoms with Crippen molar-refractivity contribution in [1.29, 1.82) is 0 Å². The van der Waals surface area contributed by atoms with Gasteiger partial charge < -0.3 is 5.11 Å². The lowest BCUT2D eigenvalue weighted by Gasteiger charge is -2.25. The van der Waals surface area contributed by atoms with E-state index in [9.17, 15) is 9.90 Å². The van der Waals surface area contributed by atoms with E-state index in [0.717, 1.165) is 12.0 Å². The van der Waals surface area contributed by atoms with E-state index in [1.807, 2.05) is 24.3 Å². The fourth-order valence-electron chi connectivity index (χ4n) is 3.33. The molecule has 1 fully saturated rings. The summed E-state index contributed by atoms with van der Waals surface area (Å²) in [5, 5.41) is 10.1. The summed E-state index contributed by atoms with van der Waals surface area (Å²) in [6.07, 6.45) is 5.15. The quantitative estimate of drug-likeness (QED) is 0.815. The van der Waals surface area contributed by atoms with Crippen molar-refractivity contribution in [3.8, 4) is 0 Å². The van der Waals surface area contributed by atoms with Gasteiger partial charge in [0.1, 0.15) is 0 Å². The molecule has 1 aromatic carbocycles. The predicted octanol–water partition coefficient (Wildman–Crippen LogP) is 3.33. The highest BCUT2D eigenvalue weighted by molar-refractivity contribution is 6.31. The molecular formula is C14H13ClO2. The van der Waals surface area contributed by atoms with E-state index in [2.05, 4.69) is 12.2 Å². The van der Waals surface area contributed by atoms with Gasteiger partial charge in [-0.1, -0.05) is 42.0 Å². The molecule has 1 N–H and O–H groups in total. The van der Waals surface area contributed by atoms with Gasteiger partial charge in [0.25, 0.3) is 0 Å². The van der Waals surface area contributed by atoms with E-state index in [1.165, 1.54) is 0 Å². The minimum Gasteiger partial charge on any atom is -0.481 e. The Labute approximate surface area is 105 Å². The molecule has 2 bridgehead atoms. The molecule has 3 rings (SSSR count). The van der Waals surface area contributed by atoms with Gasteiger partial charge in [-0.2, -0.15) is 0 Å². The number of benzene rings is 1. The summed E-state index contributed by atoms with van der Waals surface area (Å²) >= 11 is 6.19. The van der Waals surface area contributed by atoms with Crippen molar-refractivity contribution in [2.45, 2.75) is 12.3 Å². The van der Waals surface area contributed by atoms with Crippen LogP contribution in [0.25, 0.3) is 0 Å². The van der Waals surface area contributed by atoms with Crippen LogP contribution in [0.15, 0.2) is 36.4 Å². The van der Waals surface area contributed by atoms with E-state index >= 15 is 0 Å². The standard InChI is InChI=1S/C14H13ClO2/c15-11-4-2-1-3-10(11)12-8-5-6-9(7-8)13(12)14(16)17/h1-6,8-9,12-13H,7H2,(H,16,17). The fraction of sp³-hybridized carbons (Fsp3) is 0.357. The molecule has 2 aliphatic carbocycles. The average molecular weight is 249 g/mol. The second kappa shape index (κ2) is 3.88. The molecule has 0 radical (unpaired) electrons. The van der Waals surface area contributed by atoms with Crippen molar-refractivity contribution in [3.05, 3.63) is 47.0 Å². The first-order valence-corrected chi connectivity index (χ1v) is 6.22. The van der Waals surface area contributed by atoms with Gasteiger partial charge in [-0.05, 0) is 29.9 Å². The number of aliphatic carboxylic acids is 1.